The number of amidine groups is 1. The van der Waals surface area contributed by atoms with E-state index in [-0.39, 0.29) is 19.1 Å². The van der Waals surface area contributed by atoms with Crippen LogP contribution in [-0.4, -0.2) is 58.4 Å². The summed E-state index contributed by atoms with van der Waals surface area (Å²) in [5.74, 6) is 1.04. The number of carbonyl (C=O) groups is 1. The summed E-state index contributed by atoms with van der Waals surface area (Å²) >= 11 is 0. The molecule has 1 aromatic carbocycles. The van der Waals surface area contributed by atoms with E-state index < -0.39 is 23.3 Å². The van der Waals surface area contributed by atoms with E-state index >= 15 is 0 Å². The first kappa shape index (κ1) is 25.2. The van der Waals surface area contributed by atoms with Gasteiger partial charge in [0.25, 0.3) is 0 Å². The second kappa shape index (κ2) is 9.44. The molecule has 0 radical (unpaired) electrons. The van der Waals surface area contributed by atoms with Crippen LogP contribution in [0.15, 0.2) is 64.5 Å². The topological polar surface area (TPSA) is 74.6 Å². The fourth-order valence-electron chi connectivity index (χ4n) is 3.56. The summed E-state index contributed by atoms with van der Waals surface area (Å²) in [4.78, 5) is 15.9. The number of carboxylic acid groups (broad SMARTS) is 1. The van der Waals surface area contributed by atoms with Crippen LogP contribution in [0.5, 0.6) is 11.5 Å². The maximum Gasteiger partial charge on any atom is 0.416 e. The summed E-state index contributed by atoms with van der Waals surface area (Å²) in [5, 5.41) is 12.9. The number of hydrogen-bond donors (Lipinski definition) is 1. The molecule has 1 aliphatic carbocycles. The number of aliphatic imine (C=N–C) groups is 1. The molecule has 0 saturated carbocycles. The lowest BCUT2D eigenvalue weighted by Gasteiger charge is -2.33. The first-order chi connectivity index (χ1) is 15.8. The number of carboxylic acids is 1. The summed E-state index contributed by atoms with van der Waals surface area (Å²) in [5.41, 5.74) is -1.35. The van der Waals surface area contributed by atoms with Gasteiger partial charge in [0.15, 0.2) is 17.3 Å². The molecular formula is C24H28F3N3O4. The maximum absolute atomic E-state index is 12.9. The third kappa shape index (κ3) is 5.55. The quantitative estimate of drug-likeness (QED) is 0.597. The average Bonchev–Trinajstić information content (AvgIpc) is 3.08. The number of allylic oxidation sites excluding steroid dienone is 5. The number of nitrogens with zero attached hydrogens (tertiary/aromatic N) is 3. The van der Waals surface area contributed by atoms with Crippen molar-refractivity contribution in [2.24, 2.45) is 4.99 Å². The number of halogens is 3. The molecular weight excluding hydrogens is 451 g/mol. The lowest BCUT2D eigenvalue weighted by molar-refractivity contribution is -0.152. The third-order valence-corrected chi connectivity index (χ3v) is 5.32. The van der Waals surface area contributed by atoms with Gasteiger partial charge in [-0.05, 0) is 64.5 Å². The van der Waals surface area contributed by atoms with Gasteiger partial charge in [-0.25, -0.2) is 9.79 Å². The van der Waals surface area contributed by atoms with Crippen molar-refractivity contribution >= 4 is 11.8 Å². The molecule has 0 amide bonds. The molecule has 1 N–H and O–H groups in total. The Labute approximate surface area is 196 Å². The summed E-state index contributed by atoms with van der Waals surface area (Å²) in [6.45, 7) is 7.01. The lowest BCUT2D eigenvalue weighted by Crippen LogP contribution is -2.45. The largest absolute Gasteiger partial charge is 0.486 e. The minimum atomic E-state index is -4.37. The van der Waals surface area contributed by atoms with Crippen molar-refractivity contribution in [1.82, 2.24) is 10.0 Å². The molecule has 0 saturated heterocycles. The van der Waals surface area contributed by atoms with E-state index in [1.54, 1.807) is 24.3 Å². The van der Waals surface area contributed by atoms with Gasteiger partial charge in [-0.2, -0.15) is 13.2 Å². The number of hydrazine groups is 1. The molecule has 1 heterocycles. The van der Waals surface area contributed by atoms with Crippen molar-refractivity contribution in [3.8, 4) is 11.5 Å². The fraction of sp³-hybridized carbons (Fsp3) is 0.417. The zero-order valence-corrected chi connectivity index (χ0v) is 19.7. The molecule has 1 aromatic rings. The normalized spacial score (nSPS) is 18.9. The summed E-state index contributed by atoms with van der Waals surface area (Å²) < 4.78 is 50.1. The fourth-order valence-corrected chi connectivity index (χ4v) is 3.56. The maximum atomic E-state index is 12.9. The van der Waals surface area contributed by atoms with Gasteiger partial charge in [0.05, 0.1) is 5.57 Å². The molecule has 184 valence electrons. The van der Waals surface area contributed by atoms with Gasteiger partial charge in [0.1, 0.15) is 18.1 Å². The predicted octanol–water partition coefficient (Wildman–Crippen LogP) is 4.94. The average molecular weight is 479 g/mol. The number of hydrogen-bond acceptors (Lipinski definition) is 6. The molecule has 0 aromatic heterocycles. The highest BCUT2D eigenvalue weighted by Crippen LogP contribution is 2.34. The van der Waals surface area contributed by atoms with Crippen LogP contribution in [-0.2, 0) is 4.79 Å². The minimum absolute atomic E-state index is 0.0355. The van der Waals surface area contributed by atoms with Gasteiger partial charge in [0, 0.05) is 18.7 Å². The van der Waals surface area contributed by atoms with Crippen LogP contribution >= 0.6 is 0 Å². The molecule has 34 heavy (non-hydrogen) atoms. The van der Waals surface area contributed by atoms with Gasteiger partial charge >= 0.3 is 12.1 Å². The van der Waals surface area contributed by atoms with Crippen LogP contribution in [0.2, 0.25) is 0 Å². The smallest absolute Gasteiger partial charge is 0.416 e. The third-order valence-electron chi connectivity index (χ3n) is 5.32. The van der Waals surface area contributed by atoms with Gasteiger partial charge < -0.3 is 14.6 Å². The van der Waals surface area contributed by atoms with Crippen molar-refractivity contribution in [1.29, 1.82) is 0 Å². The van der Waals surface area contributed by atoms with Crippen LogP contribution in [0.3, 0.4) is 0 Å². The van der Waals surface area contributed by atoms with E-state index in [4.69, 9.17) is 9.47 Å². The Morgan fingerprint density at radius 2 is 1.76 bits per heavy atom. The molecule has 0 spiro atoms. The Bertz CT molecular complexity index is 1050. The molecule has 10 heteroatoms. The molecule has 2 aliphatic rings. The number of aliphatic carboxylic acids is 1. The van der Waals surface area contributed by atoms with Crippen LogP contribution in [0.25, 0.3) is 0 Å². The number of ether oxygens (including phenoxy) is 2. The van der Waals surface area contributed by atoms with Crippen molar-refractivity contribution in [2.75, 3.05) is 13.7 Å². The van der Waals surface area contributed by atoms with Gasteiger partial charge in [0.2, 0.25) is 0 Å². The van der Waals surface area contributed by atoms with Crippen molar-refractivity contribution in [3.63, 3.8) is 0 Å². The molecule has 0 fully saturated rings. The highest BCUT2D eigenvalue weighted by Gasteiger charge is 2.34. The first-order valence-electron chi connectivity index (χ1n) is 10.7. The van der Waals surface area contributed by atoms with Gasteiger partial charge in [-0.15, -0.1) is 0 Å². The van der Waals surface area contributed by atoms with Crippen molar-refractivity contribution < 1.29 is 32.5 Å². The van der Waals surface area contributed by atoms with E-state index in [9.17, 15) is 23.1 Å². The first-order valence-corrected chi connectivity index (χ1v) is 10.7. The molecule has 0 unspecified atom stereocenters. The second-order valence-electron chi connectivity index (χ2n) is 8.71. The SMILES string of the molecule is CC(C)N1C(COc2ccc(OC(C)(C)C(=O)O)cc2)=NC(=C2C=CC(C(F)(F)F)=CC2)N1C. The standard InChI is InChI=1S/C24H28F3N3O4/c1-15(2)30-20(14-33-18-10-12-19(13-11-18)34-23(3,4)22(31)32)28-21(29(30)5)16-6-8-17(9-7-16)24(25,26)27/h6,8-13,15H,7,14H2,1-5H3,(H,31,32). The lowest BCUT2D eigenvalue weighted by atomic mass is 10.0. The van der Waals surface area contributed by atoms with Crippen LogP contribution < -0.4 is 9.47 Å². The van der Waals surface area contributed by atoms with Gasteiger partial charge in [-0.1, -0.05) is 12.2 Å². The van der Waals surface area contributed by atoms with Crippen LogP contribution in [0, 0.1) is 0 Å². The zero-order valence-electron chi connectivity index (χ0n) is 19.7. The zero-order chi connectivity index (χ0) is 25.3. The van der Waals surface area contributed by atoms with Crippen molar-refractivity contribution in [3.05, 3.63) is 59.5 Å². The monoisotopic (exact) mass is 479 g/mol. The number of benzene rings is 1. The molecule has 3 rings (SSSR count). The molecule has 1 aliphatic heterocycles. The molecule has 0 atom stereocenters. The van der Waals surface area contributed by atoms with E-state index in [0.29, 0.717) is 28.7 Å². The summed E-state index contributed by atoms with van der Waals surface area (Å²) in [6, 6.07) is 6.60. The predicted molar refractivity (Wildman–Crippen MR) is 121 cm³/mol. The Kier molecular flexibility index (Phi) is 6.99. The summed E-state index contributed by atoms with van der Waals surface area (Å²) in [6.07, 6.45) is -0.557. The molecule has 0 bridgehead atoms. The van der Waals surface area contributed by atoms with Gasteiger partial charge in [-0.3, -0.25) is 10.0 Å². The highest BCUT2D eigenvalue weighted by atomic mass is 19.4. The number of rotatable bonds is 7. The van der Waals surface area contributed by atoms with Crippen LogP contribution in [0.1, 0.15) is 34.1 Å². The summed E-state index contributed by atoms with van der Waals surface area (Å²) in [7, 11) is 1.81. The van der Waals surface area contributed by atoms with E-state index in [0.717, 1.165) is 12.2 Å². The number of alkyl halides is 3. The van der Waals surface area contributed by atoms with Crippen molar-refractivity contribution in [2.45, 2.75) is 51.9 Å². The Morgan fingerprint density at radius 3 is 2.26 bits per heavy atom. The Morgan fingerprint density at radius 1 is 1.15 bits per heavy atom. The Balaban J connectivity index is 1.74. The Hall–Kier alpha value is -3.43. The minimum Gasteiger partial charge on any atom is -0.486 e. The second-order valence-corrected chi connectivity index (χ2v) is 8.71. The van der Waals surface area contributed by atoms with E-state index in [1.165, 1.54) is 19.9 Å². The van der Waals surface area contributed by atoms with E-state index in [1.807, 2.05) is 30.9 Å². The highest BCUT2D eigenvalue weighted by molar-refractivity contribution is 5.86. The van der Waals surface area contributed by atoms with Crippen LogP contribution in [0.4, 0.5) is 13.2 Å². The van der Waals surface area contributed by atoms with E-state index in [2.05, 4.69) is 4.99 Å². The molecule has 7 nitrogen and oxygen atoms in total.